The fourth-order valence-electron chi connectivity index (χ4n) is 2.75. The number of rotatable bonds is 2. The Balaban J connectivity index is 1.78. The minimum Gasteiger partial charge on any atom is -0.391 e. The van der Waals surface area contributed by atoms with Gasteiger partial charge in [-0.3, -0.25) is 4.79 Å². The lowest BCUT2D eigenvalue weighted by Gasteiger charge is -2.30. The maximum Gasteiger partial charge on any atom is 0.222 e. The number of β-amino-alcohol motifs (C(OH)–C–C–N with tert-alkyl or cyclic N) is 1. The Labute approximate surface area is 97.2 Å². The number of carbonyl (C=O) groups is 1. The van der Waals surface area contributed by atoms with Crippen LogP contribution < -0.4 is 0 Å². The molecule has 2 heterocycles. The highest BCUT2D eigenvalue weighted by atomic mass is 16.3. The van der Waals surface area contributed by atoms with Crippen LogP contribution in [0.2, 0.25) is 0 Å². The van der Waals surface area contributed by atoms with Crippen LogP contribution in [-0.4, -0.2) is 60.1 Å². The van der Waals surface area contributed by atoms with E-state index in [0.717, 1.165) is 38.9 Å². The van der Waals surface area contributed by atoms with Gasteiger partial charge in [0.05, 0.1) is 6.10 Å². The van der Waals surface area contributed by atoms with Crippen LogP contribution in [0.15, 0.2) is 0 Å². The highest BCUT2D eigenvalue weighted by Crippen LogP contribution is 2.20. The lowest BCUT2D eigenvalue weighted by Crippen LogP contribution is -2.42. The number of piperidine rings is 1. The van der Waals surface area contributed by atoms with Gasteiger partial charge in [-0.15, -0.1) is 0 Å². The molecule has 1 amide bonds. The lowest BCUT2D eigenvalue weighted by molar-refractivity contribution is -0.135. The second kappa shape index (κ2) is 5.15. The molecular formula is C12H22N2O2. The fourth-order valence-corrected chi connectivity index (χ4v) is 2.75. The minimum absolute atomic E-state index is 0.235. The summed E-state index contributed by atoms with van der Waals surface area (Å²) >= 11 is 0. The quantitative estimate of drug-likeness (QED) is 0.737. The van der Waals surface area contributed by atoms with Crippen molar-refractivity contribution in [1.29, 1.82) is 0 Å². The summed E-state index contributed by atoms with van der Waals surface area (Å²) in [5, 5.41) is 9.53. The fraction of sp³-hybridized carbons (Fsp3) is 0.917. The maximum absolute atomic E-state index is 12.0. The van der Waals surface area contributed by atoms with Crippen LogP contribution in [0.4, 0.5) is 0 Å². The second-order valence-electron chi connectivity index (χ2n) is 5.26. The maximum atomic E-state index is 12.0. The Hall–Kier alpha value is -0.610. The predicted octanol–water partition coefficient (Wildman–Crippen LogP) is 0.311. The average Bonchev–Trinajstić information content (AvgIpc) is 2.64. The third-order valence-electron chi connectivity index (χ3n) is 3.70. The summed E-state index contributed by atoms with van der Waals surface area (Å²) in [6, 6.07) is 0. The van der Waals surface area contributed by atoms with E-state index in [-0.39, 0.29) is 12.0 Å². The van der Waals surface area contributed by atoms with Gasteiger partial charge in [0.1, 0.15) is 0 Å². The molecule has 2 fully saturated rings. The molecule has 1 N–H and O–H groups in total. The normalized spacial score (nSPS) is 32.0. The van der Waals surface area contributed by atoms with Crippen LogP contribution >= 0.6 is 0 Å². The Morgan fingerprint density at radius 1 is 1.31 bits per heavy atom. The number of hydrogen-bond donors (Lipinski definition) is 1. The molecule has 2 atom stereocenters. The van der Waals surface area contributed by atoms with E-state index in [9.17, 15) is 9.90 Å². The SMILES string of the molecule is CN1CCC(CC(=O)N2CCCC(O)C2)C1. The topological polar surface area (TPSA) is 43.8 Å². The van der Waals surface area contributed by atoms with Crippen LogP contribution in [0, 0.1) is 5.92 Å². The molecule has 2 aliphatic rings. The third kappa shape index (κ3) is 2.95. The van der Waals surface area contributed by atoms with E-state index in [1.54, 1.807) is 0 Å². The molecule has 0 saturated carbocycles. The molecule has 2 saturated heterocycles. The molecule has 0 spiro atoms. The van der Waals surface area contributed by atoms with Gasteiger partial charge in [-0.25, -0.2) is 0 Å². The average molecular weight is 226 g/mol. The zero-order valence-electron chi connectivity index (χ0n) is 10.1. The van der Waals surface area contributed by atoms with Crippen LogP contribution in [-0.2, 0) is 4.79 Å². The van der Waals surface area contributed by atoms with Gasteiger partial charge in [-0.1, -0.05) is 0 Å². The molecule has 0 aromatic heterocycles. The van der Waals surface area contributed by atoms with E-state index >= 15 is 0 Å². The minimum atomic E-state index is -0.302. The van der Waals surface area contributed by atoms with Crippen molar-refractivity contribution in [3.05, 3.63) is 0 Å². The lowest BCUT2D eigenvalue weighted by atomic mass is 10.0. The molecule has 4 heteroatoms. The number of aliphatic hydroxyl groups is 1. The van der Waals surface area contributed by atoms with Gasteiger partial charge in [0.2, 0.25) is 5.91 Å². The third-order valence-corrected chi connectivity index (χ3v) is 3.70. The summed E-state index contributed by atoms with van der Waals surface area (Å²) in [7, 11) is 2.11. The van der Waals surface area contributed by atoms with Gasteiger partial charge in [0, 0.05) is 26.1 Å². The van der Waals surface area contributed by atoms with Gasteiger partial charge in [-0.2, -0.15) is 0 Å². The van der Waals surface area contributed by atoms with Crippen molar-refractivity contribution >= 4 is 5.91 Å². The zero-order valence-corrected chi connectivity index (χ0v) is 10.1. The Morgan fingerprint density at radius 2 is 2.12 bits per heavy atom. The van der Waals surface area contributed by atoms with E-state index in [2.05, 4.69) is 11.9 Å². The van der Waals surface area contributed by atoms with Crippen LogP contribution in [0.1, 0.15) is 25.7 Å². The second-order valence-corrected chi connectivity index (χ2v) is 5.26. The number of carbonyl (C=O) groups excluding carboxylic acids is 1. The molecule has 0 aromatic carbocycles. The van der Waals surface area contributed by atoms with E-state index in [1.165, 1.54) is 0 Å². The first-order chi connectivity index (χ1) is 7.65. The standard InChI is InChI=1S/C12H22N2O2/c1-13-6-4-10(8-13)7-12(16)14-5-2-3-11(15)9-14/h10-11,15H,2-9H2,1H3. The number of likely N-dealkylation sites (tertiary alicyclic amines) is 2. The van der Waals surface area contributed by atoms with E-state index < -0.39 is 0 Å². The molecule has 0 bridgehead atoms. The Bertz CT molecular complexity index is 257. The summed E-state index contributed by atoms with van der Waals surface area (Å²) in [6.45, 7) is 3.53. The van der Waals surface area contributed by atoms with E-state index in [4.69, 9.17) is 0 Å². The van der Waals surface area contributed by atoms with Crippen molar-refractivity contribution in [3.63, 3.8) is 0 Å². The summed E-state index contributed by atoms with van der Waals surface area (Å²) in [6.07, 6.45) is 3.28. The molecular weight excluding hydrogens is 204 g/mol. The molecule has 0 aliphatic carbocycles. The van der Waals surface area contributed by atoms with Crippen molar-refractivity contribution in [2.24, 2.45) is 5.92 Å². The van der Waals surface area contributed by atoms with Gasteiger partial charge < -0.3 is 14.9 Å². The zero-order chi connectivity index (χ0) is 11.5. The molecule has 16 heavy (non-hydrogen) atoms. The van der Waals surface area contributed by atoms with Gasteiger partial charge >= 0.3 is 0 Å². The van der Waals surface area contributed by atoms with Crippen molar-refractivity contribution in [3.8, 4) is 0 Å². The highest BCUT2D eigenvalue weighted by Gasteiger charge is 2.27. The van der Waals surface area contributed by atoms with Crippen molar-refractivity contribution in [2.75, 3.05) is 33.2 Å². The van der Waals surface area contributed by atoms with Crippen molar-refractivity contribution in [2.45, 2.75) is 31.8 Å². The Morgan fingerprint density at radius 3 is 2.75 bits per heavy atom. The molecule has 2 aliphatic heterocycles. The summed E-state index contributed by atoms with van der Waals surface area (Å²) < 4.78 is 0. The van der Waals surface area contributed by atoms with Crippen LogP contribution in [0.5, 0.6) is 0 Å². The molecule has 4 nitrogen and oxygen atoms in total. The molecule has 2 rings (SSSR count). The summed E-state index contributed by atoms with van der Waals surface area (Å²) in [5.74, 6) is 0.760. The summed E-state index contributed by atoms with van der Waals surface area (Å²) in [4.78, 5) is 16.1. The largest absolute Gasteiger partial charge is 0.391 e. The first kappa shape index (κ1) is 11.9. The first-order valence-corrected chi connectivity index (χ1v) is 6.29. The number of aliphatic hydroxyl groups excluding tert-OH is 1. The van der Waals surface area contributed by atoms with Crippen molar-refractivity contribution < 1.29 is 9.90 Å². The molecule has 2 unspecified atom stereocenters. The van der Waals surface area contributed by atoms with Gasteiger partial charge in [0.15, 0.2) is 0 Å². The Kier molecular flexibility index (Phi) is 3.82. The molecule has 0 aromatic rings. The monoisotopic (exact) mass is 226 g/mol. The van der Waals surface area contributed by atoms with Gasteiger partial charge in [-0.05, 0) is 38.8 Å². The van der Waals surface area contributed by atoms with Crippen molar-refractivity contribution in [1.82, 2.24) is 9.80 Å². The number of amides is 1. The summed E-state index contributed by atoms with van der Waals surface area (Å²) in [5.41, 5.74) is 0. The highest BCUT2D eigenvalue weighted by molar-refractivity contribution is 5.76. The number of hydrogen-bond acceptors (Lipinski definition) is 3. The molecule has 0 radical (unpaired) electrons. The molecule has 92 valence electrons. The number of nitrogens with zero attached hydrogens (tertiary/aromatic N) is 2. The van der Waals surface area contributed by atoms with Gasteiger partial charge in [0.25, 0.3) is 0 Å². The van der Waals surface area contributed by atoms with Crippen LogP contribution in [0.25, 0.3) is 0 Å². The van der Waals surface area contributed by atoms with E-state index in [0.29, 0.717) is 18.9 Å². The predicted molar refractivity (Wildman–Crippen MR) is 62.0 cm³/mol. The first-order valence-electron chi connectivity index (χ1n) is 6.29. The van der Waals surface area contributed by atoms with Crippen LogP contribution in [0.3, 0.4) is 0 Å². The smallest absolute Gasteiger partial charge is 0.222 e. The van der Waals surface area contributed by atoms with E-state index in [1.807, 2.05) is 4.90 Å².